The number of anilines is 1. The molecule has 1 N–H and O–H groups in total. The number of nitrogens with zero attached hydrogens (tertiary/aromatic N) is 2. The van der Waals surface area contributed by atoms with E-state index in [4.69, 9.17) is 12.2 Å². The van der Waals surface area contributed by atoms with Gasteiger partial charge in [-0.2, -0.15) is 0 Å². The Morgan fingerprint density at radius 2 is 1.50 bits per heavy atom. The van der Waals surface area contributed by atoms with E-state index in [-0.39, 0.29) is 18.0 Å². The number of hydrogen-bond acceptors (Lipinski definition) is 2. The fourth-order valence-corrected chi connectivity index (χ4v) is 6.10. The summed E-state index contributed by atoms with van der Waals surface area (Å²) in [5.74, 6) is 0.0400. The number of hydrogen-bond donors (Lipinski definition) is 1. The van der Waals surface area contributed by atoms with Crippen LogP contribution in [0, 0.1) is 0 Å². The van der Waals surface area contributed by atoms with Crippen molar-refractivity contribution in [2.45, 2.75) is 18.5 Å². The van der Waals surface area contributed by atoms with Crippen molar-refractivity contribution in [1.29, 1.82) is 0 Å². The Morgan fingerprint density at radius 3 is 2.35 bits per heavy atom. The van der Waals surface area contributed by atoms with Gasteiger partial charge in [-0.3, -0.25) is 9.69 Å². The lowest BCUT2D eigenvalue weighted by atomic mass is 9.89. The van der Waals surface area contributed by atoms with Crippen molar-refractivity contribution >= 4 is 50.6 Å². The van der Waals surface area contributed by atoms with E-state index in [0.717, 1.165) is 33.2 Å². The fraction of sp³-hybridized carbons (Fsp3) is 0.103. The lowest BCUT2D eigenvalue weighted by Gasteiger charge is -2.37. The Bertz CT molecular complexity index is 1600. The van der Waals surface area contributed by atoms with Gasteiger partial charge in [0, 0.05) is 28.4 Å². The first-order valence-electron chi connectivity index (χ1n) is 11.5. The summed E-state index contributed by atoms with van der Waals surface area (Å²) in [6.45, 7) is 0. The molecule has 7 rings (SSSR count). The maximum atomic E-state index is 14.0. The van der Waals surface area contributed by atoms with Gasteiger partial charge in [0.1, 0.15) is 6.04 Å². The summed E-state index contributed by atoms with van der Waals surface area (Å²) in [4.78, 5) is 21.6. The Kier molecular flexibility index (Phi) is 4.17. The maximum absolute atomic E-state index is 14.0. The topological polar surface area (TPSA) is 39.3 Å². The molecule has 0 bridgehead atoms. The molecule has 0 saturated carbocycles. The first-order chi connectivity index (χ1) is 16.7. The van der Waals surface area contributed by atoms with Crippen molar-refractivity contribution in [3.05, 3.63) is 114 Å². The normalized spacial score (nSPS) is 19.6. The number of aromatic nitrogens is 1. The zero-order valence-electron chi connectivity index (χ0n) is 18.3. The van der Waals surface area contributed by atoms with Crippen LogP contribution in [-0.2, 0) is 11.2 Å². The summed E-state index contributed by atoms with van der Waals surface area (Å²) in [5, 5.41) is 3.86. The molecule has 4 nitrogen and oxygen atoms in total. The molecule has 0 aliphatic carbocycles. The van der Waals surface area contributed by atoms with Crippen LogP contribution in [0.15, 0.2) is 97.1 Å². The van der Waals surface area contributed by atoms with E-state index in [0.29, 0.717) is 11.5 Å². The van der Waals surface area contributed by atoms with Crippen molar-refractivity contribution in [2.75, 3.05) is 4.90 Å². The molecular formula is C29H21N3OS. The summed E-state index contributed by atoms with van der Waals surface area (Å²) in [6, 6.07) is 32.4. The van der Waals surface area contributed by atoms with E-state index < -0.39 is 0 Å². The summed E-state index contributed by atoms with van der Waals surface area (Å²) in [6.07, 6.45) is 0.628. The summed E-state index contributed by atoms with van der Waals surface area (Å²) < 4.78 is 0. The zero-order valence-corrected chi connectivity index (χ0v) is 19.1. The van der Waals surface area contributed by atoms with E-state index >= 15 is 0 Å². The molecule has 164 valence electrons. The first kappa shape index (κ1) is 19.5. The van der Waals surface area contributed by atoms with Crippen LogP contribution >= 0.6 is 12.2 Å². The monoisotopic (exact) mass is 459 g/mol. The molecule has 0 radical (unpaired) electrons. The van der Waals surface area contributed by atoms with Gasteiger partial charge in [0.15, 0.2) is 5.11 Å². The summed E-state index contributed by atoms with van der Waals surface area (Å²) >= 11 is 6.06. The minimum absolute atomic E-state index is 0.0400. The van der Waals surface area contributed by atoms with Crippen LogP contribution in [0.2, 0.25) is 0 Å². The minimum Gasteiger partial charge on any atom is -0.356 e. The third kappa shape index (κ3) is 2.65. The summed E-state index contributed by atoms with van der Waals surface area (Å²) in [7, 11) is 0. The maximum Gasteiger partial charge on any atom is 0.256 e. The van der Waals surface area contributed by atoms with E-state index in [1.807, 2.05) is 48.5 Å². The van der Waals surface area contributed by atoms with Gasteiger partial charge in [-0.25, -0.2) is 0 Å². The second kappa shape index (κ2) is 7.27. The number of H-pyrrole nitrogens is 1. The number of amides is 1. The number of benzene rings is 4. The highest BCUT2D eigenvalue weighted by Crippen LogP contribution is 2.45. The number of carbonyl (C=O) groups is 1. The Hall–Kier alpha value is -3.96. The van der Waals surface area contributed by atoms with Crippen molar-refractivity contribution in [3.63, 3.8) is 0 Å². The molecule has 1 aromatic heterocycles. The van der Waals surface area contributed by atoms with Crippen LogP contribution in [-0.4, -0.2) is 26.9 Å². The highest BCUT2D eigenvalue weighted by molar-refractivity contribution is 7.80. The first-order valence-corrected chi connectivity index (χ1v) is 11.9. The quantitative estimate of drug-likeness (QED) is 0.331. The lowest BCUT2D eigenvalue weighted by Crippen LogP contribution is -2.44. The number of carbonyl (C=O) groups excluding carboxylic acids is 1. The number of thiocarbonyl (C=S) groups is 1. The largest absolute Gasteiger partial charge is 0.356 e. The Balaban J connectivity index is 1.44. The van der Waals surface area contributed by atoms with Gasteiger partial charge in [-0.15, -0.1) is 0 Å². The van der Waals surface area contributed by atoms with Crippen molar-refractivity contribution < 1.29 is 4.79 Å². The SMILES string of the molecule is O=C1[C@@H]2Cc3c([nH]c4ccccc34)[C@H](c3ccccc3)N2C(=S)N1c1cccc2ccccc12. The smallest absolute Gasteiger partial charge is 0.256 e. The van der Waals surface area contributed by atoms with Gasteiger partial charge in [-0.1, -0.05) is 84.9 Å². The minimum atomic E-state index is -0.344. The van der Waals surface area contributed by atoms with Gasteiger partial charge < -0.3 is 9.88 Å². The van der Waals surface area contributed by atoms with Gasteiger partial charge in [0.25, 0.3) is 5.91 Å². The number of aromatic amines is 1. The Labute approximate surface area is 202 Å². The van der Waals surface area contributed by atoms with Crippen LogP contribution < -0.4 is 4.90 Å². The van der Waals surface area contributed by atoms with E-state index in [2.05, 4.69) is 58.4 Å². The number of fused-ring (bicyclic) bond motifs is 5. The molecule has 2 aliphatic heterocycles. The van der Waals surface area contributed by atoms with Gasteiger partial charge >= 0.3 is 0 Å². The summed E-state index contributed by atoms with van der Waals surface area (Å²) in [5.41, 5.74) is 5.40. The Morgan fingerprint density at radius 1 is 0.794 bits per heavy atom. The average molecular weight is 460 g/mol. The van der Waals surface area contributed by atoms with Crippen molar-refractivity contribution in [2.24, 2.45) is 0 Å². The zero-order chi connectivity index (χ0) is 22.8. The molecule has 2 aliphatic rings. The molecule has 5 heteroatoms. The third-order valence-corrected chi connectivity index (χ3v) is 7.57. The molecule has 1 saturated heterocycles. The van der Waals surface area contributed by atoms with Crippen LogP contribution in [0.5, 0.6) is 0 Å². The molecule has 34 heavy (non-hydrogen) atoms. The number of rotatable bonds is 2. The average Bonchev–Trinajstić information content (AvgIpc) is 3.37. The highest BCUT2D eigenvalue weighted by Gasteiger charge is 2.51. The number of nitrogens with one attached hydrogen (secondary N) is 1. The molecular weight excluding hydrogens is 438 g/mol. The second-order valence-electron chi connectivity index (χ2n) is 8.96. The predicted octanol–water partition coefficient (Wildman–Crippen LogP) is 5.97. The van der Waals surface area contributed by atoms with Crippen LogP contribution in [0.1, 0.15) is 22.9 Å². The van der Waals surface area contributed by atoms with Gasteiger partial charge in [-0.05, 0) is 40.9 Å². The molecule has 3 heterocycles. The van der Waals surface area contributed by atoms with E-state index in [9.17, 15) is 4.79 Å². The number of para-hydroxylation sites is 1. The van der Waals surface area contributed by atoms with Crippen LogP contribution in [0.3, 0.4) is 0 Å². The third-order valence-electron chi connectivity index (χ3n) is 7.17. The predicted molar refractivity (Wildman–Crippen MR) is 140 cm³/mol. The molecule has 0 unspecified atom stereocenters. The molecule has 0 spiro atoms. The second-order valence-corrected chi connectivity index (χ2v) is 9.32. The van der Waals surface area contributed by atoms with Gasteiger partial charge in [0.05, 0.1) is 11.7 Å². The molecule has 4 aromatic carbocycles. The lowest BCUT2D eigenvalue weighted by molar-refractivity contribution is -0.120. The van der Waals surface area contributed by atoms with Gasteiger partial charge in [0.2, 0.25) is 0 Å². The van der Waals surface area contributed by atoms with E-state index in [1.165, 1.54) is 10.9 Å². The van der Waals surface area contributed by atoms with E-state index in [1.54, 1.807) is 4.90 Å². The fourth-order valence-electron chi connectivity index (χ4n) is 5.68. The van der Waals surface area contributed by atoms with Crippen LogP contribution in [0.4, 0.5) is 5.69 Å². The van der Waals surface area contributed by atoms with Crippen molar-refractivity contribution in [3.8, 4) is 0 Å². The molecule has 2 atom stereocenters. The highest BCUT2D eigenvalue weighted by atomic mass is 32.1. The standard InChI is InChI=1S/C29H21N3OS/c33-28-25-17-22-21-14-6-7-15-23(21)30-26(22)27(19-10-2-1-3-11-19)31(25)29(34)32(28)24-16-8-12-18-9-4-5-13-20(18)24/h1-16,25,27,30H,17H2/t25-,27-/m0/s1. The van der Waals surface area contributed by atoms with Crippen molar-refractivity contribution in [1.82, 2.24) is 9.88 Å². The molecule has 1 amide bonds. The molecule has 1 fully saturated rings. The van der Waals surface area contributed by atoms with Crippen LogP contribution in [0.25, 0.3) is 21.7 Å². The molecule has 5 aromatic rings.